The van der Waals surface area contributed by atoms with E-state index >= 15 is 0 Å². The lowest BCUT2D eigenvalue weighted by Gasteiger charge is -2.12. The summed E-state index contributed by atoms with van der Waals surface area (Å²) in [6.45, 7) is 0. The standard InChI is InChI=1S/C14H14N2O5S/c1-20-12-7-8-13(21-2)14(9-12)22(18,19)16-11-5-3-10(15-17)4-6-11/h3-9,16H,1-2H3. The SMILES string of the molecule is COc1ccc(OC)c(S(=O)(=O)Nc2ccc(N=O)cc2)c1. The summed E-state index contributed by atoms with van der Waals surface area (Å²) in [5.74, 6) is 0.584. The summed E-state index contributed by atoms with van der Waals surface area (Å²) in [5.41, 5.74) is 0.513. The minimum Gasteiger partial charge on any atom is -0.497 e. The number of anilines is 1. The average Bonchev–Trinajstić information content (AvgIpc) is 2.54. The molecule has 0 bridgehead atoms. The Morgan fingerprint density at radius 1 is 1.00 bits per heavy atom. The summed E-state index contributed by atoms with van der Waals surface area (Å²) < 4.78 is 37.5. The van der Waals surface area contributed by atoms with Crippen LogP contribution in [0.15, 0.2) is 52.5 Å². The van der Waals surface area contributed by atoms with Crippen LogP contribution in [0.5, 0.6) is 11.5 Å². The first-order valence-corrected chi connectivity index (χ1v) is 7.67. The maximum absolute atomic E-state index is 12.5. The van der Waals surface area contributed by atoms with Crippen LogP contribution in [-0.4, -0.2) is 22.6 Å². The Labute approximate surface area is 127 Å². The van der Waals surface area contributed by atoms with E-state index in [2.05, 4.69) is 9.90 Å². The molecule has 0 saturated carbocycles. The van der Waals surface area contributed by atoms with Crippen LogP contribution >= 0.6 is 0 Å². The molecule has 1 N–H and O–H groups in total. The molecule has 0 aliphatic carbocycles. The molecule has 7 nitrogen and oxygen atoms in total. The van der Waals surface area contributed by atoms with E-state index in [4.69, 9.17) is 9.47 Å². The highest BCUT2D eigenvalue weighted by Crippen LogP contribution is 2.30. The number of nitrogens with one attached hydrogen (secondary N) is 1. The molecule has 22 heavy (non-hydrogen) atoms. The van der Waals surface area contributed by atoms with Crippen molar-refractivity contribution in [1.82, 2.24) is 0 Å². The molecule has 8 heteroatoms. The maximum atomic E-state index is 12.5. The van der Waals surface area contributed by atoms with Crippen LogP contribution in [0, 0.1) is 4.91 Å². The normalized spacial score (nSPS) is 10.8. The van der Waals surface area contributed by atoms with E-state index in [9.17, 15) is 13.3 Å². The fourth-order valence-electron chi connectivity index (χ4n) is 1.79. The number of hydrogen-bond donors (Lipinski definition) is 1. The molecular weight excluding hydrogens is 308 g/mol. The molecule has 0 saturated heterocycles. The van der Waals surface area contributed by atoms with Gasteiger partial charge in [-0.2, -0.15) is 0 Å². The maximum Gasteiger partial charge on any atom is 0.265 e. The van der Waals surface area contributed by atoms with Gasteiger partial charge in [-0.25, -0.2) is 8.42 Å². The molecular formula is C14H14N2O5S. The molecule has 0 unspecified atom stereocenters. The zero-order valence-corrected chi connectivity index (χ0v) is 12.8. The van der Waals surface area contributed by atoms with Crippen molar-refractivity contribution in [3.8, 4) is 11.5 Å². The van der Waals surface area contributed by atoms with E-state index in [1.165, 1.54) is 50.6 Å². The highest BCUT2D eigenvalue weighted by Gasteiger charge is 2.20. The van der Waals surface area contributed by atoms with E-state index in [1.807, 2.05) is 0 Å². The first-order valence-electron chi connectivity index (χ1n) is 6.18. The summed E-state index contributed by atoms with van der Waals surface area (Å²) in [5, 5.41) is 2.75. The van der Waals surface area contributed by atoms with Crippen molar-refractivity contribution < 1.29 is 17.9 Å². The molecule has 116 valence electrons. The van der Waals surface area contributed by atoms with Gasteiger partial charge in [0.2, 0.25) is 0 Å². The quantitative estimate of drug-likeness (QED) is 0.825. The van der Waals surface area contributed by atoms with E-state index in [0.29, 0.717) is 11.4 Å². The Morgan fingerprint density at radius 2 is 1.68 bits per heavy atom. The van der Waals surface area contributed by atoms with Gasteiger partial charge in [0.15, 0.2) is 0 Å². The minimum atomic E-state index is -3.87. The Balaban J connectivity index is 2.38. The highest BCUT2D eigenvalue weighted by molar-refractivity contribution is 7.92. The molecule has 0 amide bonds. The number of rotatable bonds is 6. The van der Waals surface area contributed by atoms with Crippen LogP contribution in [0.3, 0.4) is 0 Å². The van der Waals surface area contributed by atoms with Crippen molar-refractivity contribution >= 4 is 21.4 Å². The molecule has 0 aromatic heterocycles. The van der Waals surface area contributed by atoms with Gasteiger partial charge < -0.3 is 9.47 Å². The molecule has 0 aliphatic heterocycles. The van der Waals surface area contributed by atoms with Gasteiger partial charge >= 0.3 is 0 Å². The second-order valence-corrected chi connectivity index (χ2v) is 5.91. The fraction of sp³-hybridized carbons (Fsp3) is 0.143. The summed E-state index contributed by atoms with van der Waals surface area (Å²) in [6.07, 6.45) is 0. The van der Waals surface area contributed by atoms with Crippen molar-refractivity contribution in [2.75, 3.05) is 18.9 Å². The molecule has 0 heterocycles. The zero-order chi connectivity index (χ0) is 16.2. The Morgan fingerprint density at radius 3 is 2.23 bits per heavy atom. The minimum absolute atomic E-state index is 0.0491. The van der Waals surface area contributed by atoms with Gasteiger partial charge in [-0.05, 0) is 41.6 Å². The van der Waals surface area contributed by atoms with Gasteiger partial charge in [-0.3, -0.25) is 4.72 Å². The topological polar surface area (TPSA) is 94.1 Å². The second kappa shape index (κ2) is 6.44. The van der Waals surface area contributed by atoms with Crippen molar-refractivity contribution in [1.29, 1.82) is 0 Å². The fourth-order valence-corrected chi connectivity index (χ4v) is 3.04. The molecule has 2 rings (SSSR count). The van der Waals surface area contributed by atoms with Crippen LogP contribution < -0.4 is 14.2 Å². The Bertz CT molecular complexity index is 772. The number of nitroso groups, excluding NO2 is 1. The molecule has 0 radical (unpaired) electrons. The predicted octanol–water partition coefficient (Wildman–Crippen LogP) is 2.90. The van der Waals surface area contributed by atoms with Gasteiger partial charge in [-0.1, -0.05) is 0 Å². The van der Waals surface area contributed by atoms with Crippen LogP contribution in [-0.2, 0) is 10.0 Å². The molecule has 2 aromatic rings. The molecule has 0 fully saturated rings. The highest BCUT2D eigenvalue weighted by atomic mass is 32.2. The first-order chi connectivity index (χ1) is 10.5. The van der Waals surface area contributed by atoms with Gasteiger partial charge in [0.1, 0.15) is 22.1 Å². The monoisotopic (exact) mass is 322 g/mol. The molecule has 0 aliphatic rings. The molecule has 0 spiro atoms. The number of hydrogen-bond acceptors (Lipinski definition) is 6. The van der Waals surface area contributed by atoms with Crippen LogP contribution in [0.25, 0.3) is 0 Å². The second-order valence-electron chi connectivity index (χ2n) is 4.26. The lowest BCUT2D eigenvalue weighted by atomic mass is 10.3. The first kappa shape index (κ1) is 15.8. The van der Waals surface area contributed by atoms with E-state index in [-0.39, 0.29) is 16.3 Å². The largest absolute Gasteiger partial charge is 0.497 e. The van der Waals surface area contributed by atoms with E-state index < -0.39 is 10.0 Å². The predicted molar refractivity (Wildman–Crippen MR) is 82.3 cm³/mol. The van der Waals surface area contributed by atoms with E-state index in [1.54, 1.807) is 6.07 Å². The summed E-state index contributed by atoms with van der Waals surface area (Å²) in [6, 6.07) is 10.2. The molecule has 2 aromatic carbocycles. The summed E-state index contributed by atoms with van der Waals surface area (Å²) in [7, 11) is -1.05. The third-order valence-electron chi connectivity index (χ3n) is 2.89. The third kappa shape index (κ3) is 3.34. The Hall–Kier alpha value is -2.61. The smallest absolute Gasteiger partial charge is 0.265 e. The van der Waals surface area contributed by atoms with Gasteiger partial charge in [0.05, 0.1) is 14.2 Å². The van der Waals surface area contributed by atoms with Crippen LogP contribution in [0.4, 0.5) is 11.4 Å². The number of methoxy groups -OCH3 is 2. The Kier molecular flexibility index (Phi) is 4.62. The van der Waals surface area contributed by atoms with Crippen LogP contribution in [0.1, 0.15) is 0 Å². The van der Waals surface area contributed by atoms with Crippen molar-refractivity contribution in [2.24, 2.45) is 5.18 Å². The van der Waals surface area contributed by atoms with Gasteiger partial charge in [-0.15, -0.1) is 4.91 Å². The van der Waals surface area contributed by atoms with E-state index in [0.717, 1.165) is 0 Å². The number of sulfonamides is 1. The zero-order valence-electron chi connectivity index (χ0n) is 11.9. The van der Waals surface area contributed by atoms with Crippen molar-refractivity contribution in [3.63, 3.8) is 0 Å². The van der Waals surface area contributed by atoms with Crippen LogP contribution in [0.2, 0.25) is 0 Å². The third-order valence-corrected chi connectivity index (χ3v) is 4.29. The molecule has 0 atom stereocenters. The number of nitrogens with zero attached hydrogens (tertiary/aromatic N) is 1. The number of benzene rings is 2. The van der Waals surface area contributed by atoms with Gasteiger partial charge in [0, 0.05) is 11.8 Å². The van der Waals surface area contributed by atoms with Crippen molar-refractivity contribution in [2.45, 2.75) is 4.90 Å². The van der Waals surface area contributed by atoms with Gasteiger partial charge in [0.25, 0.3) is 10.0 Å². The van der Waals surface area contributed by atoms with Crippen molar-refractivity contribution in [3.05, 3.63) is 47.4 Å². The lowest BCUT2D eigenvalue weighted by Crippen LogP contribution is -2.14. The summed E-state index contributed by atoms with van der Waals surface area (Å²) in [4.78, 5) is 10.3. The lowest BCUT2D eigenvalue weighted by molar-refractivity contribution is 0.392. The number of ether oxygens (including phenoxy) is 2. The summed E-state index contributed by atoms with van der Waals surface area (Å²) >= 11 is 0. The average molecular weight is 322 g/mol.